The third kappa shape index (κ3) is 7.34. The second-order valence-corrected chi connectivity index (χ2v) is 5.17. The van der Waals surface area contributed by atoms with Gasteiger partial charge in [-0.15, -0.1) is 0 Å². The molecule has 0 aliphatic carbocycles. The van der Waals surface area contributed by atoms with Crippen LogP contribution >= 0.6 is 11.6 Å². The molecule has 0 atom stereocenters. The van der Waals surface area contributed by atoms with E-state index >= 15 is 0 Å². The number of unbranched alkanes of at least 4 members (excludes halogenated alkanes) is 2. The Kier molecular flexibility index (Phi) is 8.87. The van der Waals surface area contributed by atoms with E-state index in [9.17, 15) is 4.79 Å². The van der Waals surface area contributed by atoms with Crippen LogP contribution in [0.15, 0.2) is 18.2 Å². The average Bonchev–Trinajstić information content (AvgIpc) is 2.45. The molecule has 5 heteroatoms. The van der Waals surface area contributed by atoms with Gasteiger partial charge in [-0.05, 0) is 50.9 Å². The van der Waals surface area contributed by atoms with Crippen LogP contribution in [0.5, 0.6) is 5.75 Å². The Morgan fingerprint density at radius 1 is 1.29 bits per heavy atom. The van der Waals surface area contributed by atoms with Gasteiger partial charge in [-0.25, -0.2) is 0 Å². The van der Waals surface area contributed by atoms with E-state index < -0.39 is 0 Å². The first kappa shape index (κ1) is 17.8. The van der Waals surface area contributed by atoms with Gasteiger partial charge in [0.2, 0.25) is 0 Å². The van der Waals surface area contributed by atoms with Gasteiger partial charge in [0.1, 0.15) is 5.75 Å². The van der Waals surface area contributed by atoms with E-state index in [4.69, 9.17) is 21.1 Å². The lowest BCUT2D eigenvalue weighted by Crippen LogP contribution is -2.05. The first-order valence-electron chi connectivity index (χ1n) is 7.38. The molecule has 1 rings (SSSR count). The molecule has 1 aromatic carbocycles. The maximum absolute atomic E-state index is 11.2. The maximum Gasteiger partial charge on any atom is 0.305 e. The van der Waals surface area contributed by atoms with E-state index in [1.165, 1.54) is 0 Å². The highest BCUT2D eigenvalue weighted by molar-refractivity contribution is 6.32. The van der Waals surface area contributed by atoms with E-state index in [0.717, 1.165) is 31.4 Å². The summed E-state index contributed by atoms with van der Waals surface area (Å²) in [7, 11) is 1.90. The summed E-state index contributed by atoms with van der Waals surface area (Å²) in [6.07, 6.45) is 3.15. The van der Waals surface area contributed by atoms with Crippen molar-refractivity contribution in [2.75, 3.05) is 20.3 Å². The van der Waals surface area contributed by atoms with E-state index in [2.05, 4.69) is 5.32 Å². The molecule has 0 spiro atoms. The molecule has 0 radical (unpaired) electrons. The lowest BCUT2D eigenvalue weighted by Gasteiger charge is -2.09. The van der Waals surface area contributed by atoms with Crippen LogP contribution in [0.3, 0.4) is 0 Å². The molecule has 0 aliphatic rings. The molecule has 0 fully saturated rings. The van der Waals surface area contributed by atoms with Crippen LogP contribution in [0.25, 0.3) is 0 Å². The van der Waals surface area contributed by atoms with Crippen LogP contribution < -0.4 is 10.1 Å². The number of esters is 1. The minimum atomic E-state index is -0.124. The Hall–Kier alpha value is -1.26. The molecular formula is C16H24ClNO3. The quantitative estimate of drug-likeness (QED) is 0.530. The Morgan fingerprint density at radius 3 is 2.76 bits per heavy atom. The number of halogens is 1. The van der Waals surface area contributed by atoms with E-state index in [0.29, 0.717) is 30.4 Å². The van der Waals surface area contributed by atoms with Crippen molar-refractivity contribution in [1.29, 1.82) is 0 Å². The van der Waals surface area contributed by atoms with Gasteiger partial charge in [-0.3, -0.25) is 4.79 Å². The van der Waals surface area contributed by atoms with Gasteiger partial charge in [0, 0.05) is 13.0 Å². The lowest BCUT2D eigenvalue weighted by molar-refractivity contribution is -0.143. The second kappa shape index (κ2) is 10.5. The summed E-state index contributed by atoms with van der Waals surface area (Å²) < 4.78 is 10.5. The zero-order valence-corrected chi connectivity index (χ0v) is 13.5. The van der Waals surface area contributed by atoms with Crippen molar-refractivity contribution in [2.24, 2.45) is 0 Å². The number of rotatable bonds is 10. The van der Waals surface area contributed by atoms with Gasteiger partial charge in [-0.1, -0.05) is 17.7 Å². The normalized spacial score (nSPS) is 10.4. The second-order valence-electron chi connectivity index (χ2n) is 4.76. The molecule has 0 bridgehead atoms. The molecule has 21 heavy (non-hydrogen) atoms. The molecular weight excluding hydrogens is 290 g/mol. The van der Waals surface area contributed by atoms with Gasteiger partial charge in [0.25, 0.3) is 0 Å². The molecule has 0 heterocycles. The summed E-state index contributed by atoms with van der Waals surface area (Å²) in [4.78, 5) is 11.2. The minimum absolute atomic E-state index is 0.124. The summed E-state index contributed by atoms with van der Waals surface area (Å²) in [5.41, 5.74) is 1.13. The zero-order chi connectivity index (χ0) is 15.5. The van der Waals surface area contributed by atoms with Gasteiger partial charge in [0.05, 0.1) is 18.2 Å². The Bertz CT molecular complexity index is 438. The van der Waals surface area contributed by atoms with E-state index in [1.807, 2.05) is 32.2 Å². The van der Waals surface area contributed by atoms with Crippen molar-refractivity contribution in [2.45, 2.75) is 39.2 Å². The summed E-state index contributed by atoms with van der Waals surface area (Å²) in [6, 6.07) is 5.81. The summed E-state index contributed by atoms with van der Waals surface area (Å²) in [5.74, 6) is 0.587. The van der Waals surface area contributed by atoms with Crippen LogP contribution in [0.4, 0.5) is 0 Å². The van der Waals surface area contributed by atoms with Crippen molar-refractivity contribution < 1.29 is 14.3 Å². The number of nitrogens with one attached hydrogen (secondary N) is 1. The molecule has 4 nitrogen and oxygen atoms in total. The third-order valence-corrected chi connectivity index (χ3v) is 3.26. The fourth-order valence-electron chi connectivity index (χ4n) is 1.94. The number of benzene rings is 1. The highest BCUT2D eigenvalue weighted by atomic mass is 35.5. The van der Waals surface area contributed by atoms with Crippen molar-refractivity contribution in [1.82, 2.24) is 5.32 Å². The predicted molar refractivity (Wildman–Crippen MR) is 84.8 cm³/mol. The fraction of sp³-hybridized carbons (Fsp3) is 0.562. The smallest absolute Gasteiger partial charge is 0.305 e. The number of carbonyl (C=O) groups excluding carboxylic acids is 1. The first-order valence-corrected chi connectivity index (χ1v) is 7.76. The molecule has 0 aliphatic heterocycles. The predicted octanol–water partition coefficient (Wildman–Crippen LogP) is 3.56. The molecule has 0 aromatic heterocycles. The first-order chi connectivity index (χ1) is 10.2. The van der Waals surface area contributed by atoms with Gasteiger partial charge >= 0.3 is 5.97 Å². The summed E-state index contributed by atoms with van der Waals surface area (Å²) >= 11 is 6.17. The topological polar surface area (TPSA) is 47.6 Å². The minimum Gasteiger partial charge on any atom is -0.492 e. The molecule has 0 saturated heterocycles. The van der Waals surface area contributed by atoms with Crippen molar-refractivity contribution in [3.05, 3.63) is 28.8 Å². The molecule has 1 N–H and O–H groups in total. The van der Waals surface area contributed by atoms with Crippen molar-refractivity contribution in [3.8, 4) is 5.75 Å². The maximum atomic E-state index is 11.2. The van der Waals surface area contributed by atoms with Crippen LogP contribution in [-0.2, 0) is 16.1 Å². The molecule has 118 valence electrons. The largest absolute Gasteiger partial charge is 0.492 e. The fourth-order valence-corrected chi connectivity index (χ4v) is 2.20. The van der Waals surface area contributed by atoms with Crippen LogP contribution in [-0.4, -0.2) is 26.2 Å². The van der Waals surface area contributed by atoms with Crippen molar-refractivity contribution >= 4 is 17.6 Å². The van der Waals surface area contributed by atoms with E-state index in [-0.39, 0.29) is 5.97 Å². The SMILES string of the molecule is CCOC(=O)CCCCCOc1ccc(CNC)cc1Cl. The molecule has 0 unspecified atom stereocenters. The standard InChI is InChI=1S/C16H24ClNO3/c1-3-20-16(19)7-5-4-6-10-21-15-9-8-13(12-18-2)11-14(15)17/h8-9,11,18H,3-7,10,12H2,1-2H3. The van der Waals surface area contributed by atoms with E-state index in [1.54, 1.807) is 0 Å². The van der Waals surface area contributed by atoms with Gasteiger partial charge in [-0.2, -0.15) is 0 Å². The number of hydrogen-bond acceptors (Lipinski definition) is 4. The lowest BCUT2D eigenvalue weighted by atomic mass is 10.2. The Balaban J connectivity index is 2.19. The molecule has 1 aromatic rings. The number of hydrogen-bond donors (Lipinski definition) is 1. The monoisotopic (exact) mass is 313 g/mol. The van der Waals surface area contributed by atoms with Gasteiger partial charge in [0.15, 0.2) is 0 Å². The third-order valence-electron chi connectivity index (χ3n) is 2.97. The summed E-state index contributed by atoms with van der Waals surface area (Å²) in [6.45, 7) is 3.66. The molecule has 0 amide bonds. The van der Waals surface area contributed by atoms with Crippen LogP contribution in [0.1, 0.15) is 38.2 Å². The van der Waals surface area contributed by atoms with Crippen LogP contribution in [0.2, 0.25) is 5.02 Å². The zero-order valence-electron chi connectivity index (χ0n) is 12.8. The highest BCUT2D eigenvalue weighted by Crippen LogP contribution is 2.25. The highest BCUT2D eigenvalue weighted by Gasteiger charge is 2.04. The van der Waals surface area contributed by atoms with Gasteiger partial charge < -0.3 is 14.8 Å². The Labute approximate surface area is 131 Å². The molecule has 0 saturated carbocycles. The summed E-state index contributed by atoms with van der Waals surface area (Å²) in [5, 5.41) is 3.71. The number of carbonyl (C=O) groups is 1. The average molecular weight is 314 g/mol. The Morgan fingerprint density at radius 2 is 2.10 bits per heavy atom. The number of ether oxygens (including phenoxy) is 2. The van der Waals surface area contributed by atoms with Crippen LogP contribution in [0, 0.1) is 0 Å². The van der Waals surface area contributed by atoms with Crippen molar-refractivity contribution in [3.63, 3.8) is 0 Å².